The minimum atomic E-state index is 0.391. The van der Waals surface area contributed by atoms with E-state index >= 15 is 0 Å². The van der Waals surface area contributed by atoms with Gasteiger partial charge in [-0.1, -0.05) is 18.2 Å². The highest BCUT2D eigenvalue weighted by atomic mass is 127. The summed E-state index contributed by atoms with van der Waals surface area (Å²) in [4.78, 5) is 10.8. The van der Waals surface area contributed by atoms with Gasteiger partial charge in [-0.2, -0.15) is 0 Å². The van der Waals surface area contributed by atoms with Gasteiger partial charge in [0.1, 0.15) is 25.2 Å². The minimum Gasteiger partial charge on any atom is -0.493 e. The highest BCUT2D eigenvalue weighted by molar-refractivity contribution is 14.1. The van der Waals surface area contributed by atoms with Crippen molar-refractivity contribution in [3.8, 4) is 17.2 Å². The molecule has 21 heavy (non-hydrogen) atoms. The molecule has 0 aliphatic rings. The summed E-state index contributed by atoms with van der Waals surface area (Å²) < 4.78 is 17.4. The summed E-state index contributed by atoms with van der Waals surface area (Å²) in [5.74, 6) is 1.98. The number of carbonyl (C=O) groups is 1. The van der Waals surface area contributed by atoms with E-state index < -0.39 is 0 Å². The van der Waals surface area contributed by atoms with E-state index in [1.165, 1.54) is 0 Å². The van der Waals surface area contributed by atoms with Crippen LogP contribution in [-0.4, -0.2) is 26.6 Å². The van der Waals surface area contributed by atoms with Crippen LogP contribution >= 0.6 is 22.6 Å². The number of hydrogen-bond acceptors (Lipinski definition) is 4. The van der Waals surface area contributed by atoms with Gasteiger partial charge in [0, 0.05) is 5.56 Å². The number of carbonyl (C=O) groups excluding carboxylic acids is 1. The number of ether oxygens (including phenoxy) is 3. The van der Waals surface area contributed by atoms with E-state index in [9.17, 15) is 4.79 Å². The number of para-hydroxylation sites is 1. The third-order valence-corrected chi connectivity index (χ3v) is 3.53. The molecule has 5 heteroatoms. The van der Waals surface area contributed by atoms with Crippen molar-refractivity contribution >= 4 is 28.9 Å². The van der Waals surface area contributed by atoms with Gasteiger partial charge in [-0.25, -0.2) is 0 Å². The van der Waals surface area contributed by atoms with Gasteiger partial charge in [-0.15, -0.1) is 0 Å². The molecule has 0 saturated carbocycles. The van der Waals surface area contributed by atoms with Crippen molar-refractivity contribution in [2.24, 2.45) is 0 Å². The predicted molar refractivity (Wildman–Crippen MR) is 88.5 cm³/mol. The number of rotatable bonds is 7. The highest BCUT2D eigenvalue weighted by Crippen LogP contribution is 2.33. The Balaban J connectivity index is 1.95. The van der Waals surface area contributed by atoms with E-state index in [1.54, 1.807) is 19.2 Å². The Labute approximate surface area is 137 Å². The van der Waals surface area contributed by atoms with Crippen LogP contribution in [0.1, 0.15) is 10.4 Å². The normalized spacial score (nSPS) is 10.0. The summed E-state index contributed by atoms with van der Waals surface area (Å²) in [6.07, 6.45) is 0.785. The first-order valence-corrected chi connectivity index (χ1v) is 7.46. The molecule has 0 aromatic heterocycles. The van der Waals surface area contributed by atoms with Gasteiger partial charge in [0.15, 0.2) is 11.5 Å². The SMILES string of the molecule is COc1cc(C=O)cc(I)c1OCCOc1ccccc1. The fourth-order valence-electron chi connectivity index (χ4n) is 1.77. The predicted octanol–water partition coefficient (Wildman–Crippen LogP) is 3.57. The van der Waals surface area contributed by atoms with E-state index in [4.69, 9.17) is 14.2 Å². The van der Waals surface area contributed by atoms with Crippen molar-refractivity contribution in [3.05, 3.63) is 51.6 Å². The zero-order valence-corrected chi connectivity index (χ0v) is 13.7. The van der Waals surface area contributed by atoms with Crippen LogP contribution < -0.4 is 14.2 Å². The van der Waals surface area contributed by atoms with Crippen LogP contribution in [0.15, 0.2) is 42.5 Å². The first-order chi connectivity index (χ1) is 10.2. The number of halogens is 1. The molecular weight excluding hydrogens is 383 g/mol. The van der Waals surface area contributed by atoms with Crippen molar-refractivity contribution in [1.82, 2.24) is 0 Å². The fourth-order valence-corrected chi connectivity index (χ4v) is 2.55. The third kappa shape index (κ3) is 4.35. The molecule has 0 heterocycles. The molecule has 0 fully saturated rings. The zero-order chi connectivity index (χ0) is 15.1. The molecule has 2 aromatic carbocycles. The molecule has 0 aliphatic heterocycles. The molecule has 0 radical (unpaired) electrons. The maximum absolute atomic E-state index is 10.8. The molecule has 0 spiro atoms. The molecule has 2 aromatic rings. The van der Waals surface area contributed by atoms with Gasteiger partial charge in [-0.3, -0.25) is 4.79 Å². The second-order valence-electron chi connectivity index (χ2n) is 4.16. The van der Waals surface area contributed by atoms with Crippen molar-refractivity contribution in [2.75, 3.05) is 20.3 Å². The van der Waals surface area contributed by atoms with Crippen LogP contribution in [-0.2, 0) is 0 Å². The monoisotopic (exact) mass is 398 g/mol. The summed E-state index contributed by atoms with van der Waals surface area (Å²) in [7, 11) is 1.55. The molecule has 0 N–H and O–H groups in total. The quantitative estimate of drug-likeness (QED) is 0.407. The third-order valence-electron chi connectivity index (χ3n) is 2.73. The Bertz CT molecular complexity index is 599. The van der Waals surface area contributed by atoms with E-state index in [0.29, 0.717) is 30.3 Å². The first-order valence-electron chi connectivity index (χ1n) is 6.38. The molecule has 0 bridgehead atoms. The Hall–Kier alpha value is -1.76. The van der Waals surface area contributed by atoms with Crippen molar-refractivity contribution in [3.63, 3.8) is 0 Å². The zero-order valence-electron chi connectivity index (χ0n) is 11.5. The van der Waals surface area contributed by atoms with Gasteiger partial charge in [0.2, 0.25) is 0 Å². The molecule has 4 nitrogen and oxygen atoms in total. The summed E-state index contributed by atoms with van der Waals surface area (Å²) in [5.41, 5.74) is 0.559. The summed E-state index contributed by atoms with van der Waals surface area (Å²) in [5, 5.41) is 0. The van der Waals surface area contributed by atoms with E-state index in [2.05, 4.69) is 22.6 Å². The van der Waals surface area contributed by atoms with E-state index in [-0.39, 0.29) is 0 Å². The Kier molecular flexibility index (Phi) is 5.86. The summed E-state index contributed by atoms with van der Waals surface area (Å²) >= 11 is 2.12. The van der Waals surface area contributed by atoms with Gasteiger partial charge in [0.05, 0.1) is 10.7 Å². The number of hydrogen-bond donors (Lipinski definition) is 0. The lowest BCUT2D eigenvalue weighted by atomic mass is 10.2. The van der Waals surface area contributed by atoms with E-state index in [1.807, 2.05) is 30.3 Å². The number of methoxy groups -OCH3 is 1. The minimum absolute atomic E-state index is 0.391. The molecule has 110 valence electrons. The van der Waals surface area contributed by atoms with Crippen LogP contribution in [0, 0.1) is 3.57 Å². The number of aldehydes is 1. The second kappa shape index (κ2) is 7.87. The molecule has 0 atom stereocenters. The average Bonchev–Trinajstić information content (AvgIpc) is 2.53. The fraction of sp³-hybridized carbons (Fsp3) is 0.188. The topological polar surface area (TPSA) is 44.8 Å². The highest BCUT2D eigenvalue weighted by Gasteiger charge is 2.11. The van der Waals surface area contributed by atoms with Gasteiger partial charge < -0.3 is 14.2 Å². The second-order valence-corrected chi connectivity index (χ2v) is 5.32. The van der Waals surface area contributed by atoms with E-state index in [0.717, 1.165) is 15.6 Å². The molecule has 0 unspecified atom stereocenters. The van der Waals surface area contributed by atoms with Crippen LogP contribution in [0.25, 0.3) is 0 Å². The van der Waals surface area contributed by atoms with Gasteiger partial charge in [0.25, 0.3) is 0 Å². The lowest BCUT2D eigenvalue weighted by molar-refractivity contribution is 0.112. The first kappa shape index (κ1) is 15.6. The Morgan fingerprint density at radius 1 is 1.10 bits per heavy atom. The standard InChI is InChI=1S/C16H15IO4/c1-19-15-10-12(11-18)9-14(17)16(15)21-8-7-20-13-5-3-2-4-6-13/h2-6,9-11H,7-8H2,1H3. The summed E-state index contributed by atoms with van der Waals surface area (Å²) in [6.45, 7) is 0.820. The maximum atomic E-state index is 10.8. The lowest BCUT2D eigenvalue weighted by Crippen LogP contribution is -2.10. The molecule has 0 aliphatic carbocycles. The molecular formula is C16H15IO4. The van der Waals surface area contributed by atoms with Crippen molar-refractivity contribution in [2.45, 2.75) is 0 Å². The van der Waals surface area contributed by atoms with Gasteiger partial charge >= 0.3 is 0 Å². The summed E-state index contributed by atoms with van der Waals surface area (Å²) in [6, 6.07) is 13.0. The van der Waals surface area contributed by atoms with Crippen molar-refractivity contribution < 1.29 is 19.0 Å². The average molecular weight is 398 g/mol. The van der Waals surface area contributed by atoms with Crippen LogP contribution in [0.3, 0.4) is 0 Å². The molecule has 0 amide bonds. The lowest BCUT2D eigenvalue weighted by Gasteiger charge is -2.13. The van der Waals surface area contributed by atoms with Crippen molar-refractivity contribution in [1.29, 1.82) is 0 Å². The van der Waals surface area contributed by atoms with Crippen LogP contribution in [0.5, 0.6) is 17.2 Å². The van der Waals surface area contributed by atoms with Gasteiger partial charge in [-0.05, 0) is 46.9 Å². The molecule has 2 rings (SSSR count). The van der Waals surface area contributed by atoms with Crippen LogP contribution in [0.4, 0.5) is 0 Å². The maximum Gasteiger partial charge on any atom is 0.174 e. The Morgan fingerprint density at radius 3 is 2.48 bits per heavy atom. The molecule has 0 saturated heterocycles. The smallest absolute Gasteiger partial charge is 0.174 e. The number of benzene rings is 2. The Morgan fingerprint density at radius 2 is 1.81 bits per heavy atom. The van der Waals surface area contributed by atoms with Crippen LogP contribution in [0.2, 0.25) is 0 Å². The largest absolute Gasteiger partial charge is 0.493 e.